The second-order valence-corrected chi connectivity index (χ2v) is 5.37. The van der Waals surface area contributed by atoms with Gasteiger partial charge in [0.15, 0.2) is 5.82 Å². The monoisotopic (exact) mass is 342 g/mol. The van der Waals surface area contributed by atoms with Gasteiger partial charge in [0.2, 0.25) is 0 Å². The van der Waals surface area contributed by atoms with E-state index in [9.17, 15) is 9.18 Å². The van der Waals surface area contributed by atoms with Crippen molar-refractivity contribution in [1.82, 2.24) is 0 Å². The van der Waals surface area contributed by atoms with Crippen molar-refractivity contribution in [3.8, 4) is 0 Å². The molecular formula is C14H9Cl2FN2OS. The van der Waals surface area contributed by atoms with E-state index in [0.29, 0.717) is 11.3 Å². The molecule has 3 nitrogen and oxygen atoms in total. The summed E-state index contributed by atoms with van der Waals surface area (Å²) in [7, 11) is 0. The number of hydrogen-bond donors (Lipinski definition) is 2. The number of anilines is 1. The summed E-state index contributed by atoms with van der Waals surface area (Å²) in [6, 6.07) is 8.84. The number of nitrogens with two attached hydrogens (primary N) is 1. The predicted molar refractivity (Wildman–Crippen MR) is 86.7 cm³/mol. The van der Waals surface area contributed by atoms with E-state index >= 15 is 0 Å². The van der Waals surface area contributed by atoms with Crippen LogP contribution in [0.15, 0.2) is 36.4 Å². The van der Waals surface area contributed by atoms with Crippen molar-refractivity contribution in [3.05, 3.63) is 63.4 Å². The first-order valence-electron chi connectivity index (χ1n) is 5.75. The Labute approximate surface area is 135 Å². The van der Waals surface area contributed by atoms with E-state index in [1.807, 2.05) is 0 Å². The molecule has 0 unspecified atom stereocenters. The molecule has 0 saturated carbocycles. The van der Waals surface area contributed by atoms with Crippen LogP contribution < -0.4 is 11.1 Å². The number of nitrogens with one attached hydrogen (secondary N) is 1. The van der Waals surface area contributed by atoms with Gasteiger partial charge < -0.3 is 11.1 Å². The second kappa shape index (κ2) is 6.39. The number of thiocarbonyl (C=S) groups is 1. The summed E-state index contributed by atoms with van der Waals surface area (Å²) in [5.74, 6) is -1.44. The highest BCUT2D eigenvalue weighted by molar-refractivity contribution is 7.80. The highest BCUT2D eigenvalue weighted by atomic mass is 35.5. The number of halogens is 3. The van der Waals surface area contributed by atoms with Crippen LogP contribution in [0.25, 0.3) is 0 Å². The largest absolute Gasteiger partial charge is 0.389 e. The van der Waals surface area contributed by atoms with Crippen LogP contribution >= 0.6 is 35.4 Å². The lowest BCUT2D eigenvalue weighted by Crippen LogP contribution is -2.15. The Morgan fingerprint density at radius 3 is 2.52 bits per heavy atom. The average Bonchev–Trinajstić information content (AvgIpc) is 2.43. The summed E-state index contributed by atoms with van der Waals surface area (Å²) in [4.78, 5) is 12.2. The molecule has 21 heavy (non-hydrogen) atoms. The maximum absolute atomic E-state index is 13.8. The van der Waals surface area contributed by atoms with E-state index in [2.05, 4.69) is 5.32 Å². The first-order chi connectivity index (χ1) is 9.90. The molecule has 0 fully saturated rings. The summed E-state index contributed by atoms with van der Waals surface area (Å²) < 4.78 is 13.8. The first-order valence-corrected chi connectivity index (χ1v) is 6.91. The Morgan fingerprint density at radius 1 is 1.19 bits per heavy atom. The Balaban J connectivity index is 2.28. The van der Waals surface area contributed by atoms with Crippen molar-refractivity contribution in [2.75, 3.05) is 5.32 Å². The third-order valence-corrected chi connectivity index (χ3v) is 3.54. The van der Waals surface area contributed by atoms with E-state index in [-0.39, 0.29) is 20.6 Å². The molecule has 0 aliphatic carbocycles. The van der Waals surface area contributed by atoms with Crippen LogP contribution in [0.5, 0.6) is 0 Å². The Morgan fingerprint density at radius 2 is 1.90 bits per heavy atom. The van der Waals surface area contributed by atoms with Gasteiger partial charge in [0, 0.05) is 5.56 Å². The standard InChI is InChI=1S/C14H9Cl2FN2OS/c15-9-3-1-2-8(12(9)17)14(20)19-11-5-4-7(13(18)21)6-10(11)16/h1-6H,(H2,18,21)(H,19,20). The van der Waals surface area contributed by atoms with Crippen LogP contribution in [0.1, 0.15) is 15.9 Å². The van der Waals surface area contributed by atoms with Crippen LogP contribution in [0.4, 0.5) is 10.1 Å². The molecule has 108 valence electrons. The molecule has 2 aromatic carbocycles. The lowest BCUT2D eigenvalue weighted by atomic mass is 10.1. The van der Waals surface area contributed by atoms with Crippen molar-refractivity contribution in [1.29, 1.82) is 0 Å². The summed E-state index contributed by atoms with van der Waals surface area (Å²) in [5, 5.41) is 2.63. The zero-order valence-corrected chi connectivity index (χ0v) is 12.8. The molecule has 0 aliphatic rings. The number of carbonyl (C=O) groups is 1. The van der Waals surface area contributed by atoms with Crippen molar-refractivity contribution >= 4 is 52.0 Å². The number of hydrogen-bond acceptors (Lipinski definition) is 2. The van der Waals surface area contributed by atoms with Crippen molar-refractivity contribution < 1.29 is 9.18 Å². The van der Waals surface area contributed by atoms with Crippen LogP contribution in [-0.2, 0) is 0 Å². The lowest BCUT2D eigenvalue weighted by Gasteiger charge is -2.09. The Bertz CT molecular complexity index is 737. The van der Waals surface area contributed by atoms with Gasteiger partial charge in [0.05, 0.1) is 21.3 Å². The number of carbonyl (C=O) groups excluding carboxylic acids is 1. The molecule has 7 heteroatoms. The van der Waals surface area contributed by atoms with Crippen molar-refractivity contribution in [2.45, 2.75) is 0 Å². The van der Waals surface area contributed by atoms with E-state index in [4.69, 9.17) is 41.2 Å². The molecule has 0 aromatic heterocycles. The fourth-order valence-electron chi connectivity index (χ4n) is 1.64. The van der Waals surface area contributed by atoms with Crippen LogP contribution in [0.3, 0.4) is 0 Å². The lowest BCUT2D eigenvalue weighted by molar-refractivity contribution is 0.102. The molecule has 2 aromatic rings. The van der Waals surface area contributed by atoms with Gasteiger partial charge in [0.25, 0.3) is 5.91 Å². The van der Waals surface area contributed by atoms with E-state index in [1.54, 1.807) is 6.07 Å². The zero-order valence-electron chi connectivity index (χ0n) is 10.5. The van der Waals surface area contributed by atoms with E-state index in [1.165, 1.54) is 30.3 Å². The molecular weight excluding hydrogens is 334 g/mol. The minimum Gasteiger partial charge on any atom is -0.389 e. The molecule has 1 amide bonds. The maximum atomic E-state index is 13.8. The fraction of sp³-hybridized carbons (Fsp3) is 0. The minimum atomic E-state index is -0.785. The number of rotatable bonds is 3. The van der Waals surface area contributed by atoms with Gasteiger partial charge in [-0.15, -0.1) is 0 Å². The minimum absolute atomic E-state index is 0.127. The SMILES string of the molecule is NC(=S)c1ccc(NC(=O)c2cccc(Cl)c2F)c(Cl)c1. The van der Waals surface area contributed by atoms with Crippen LogP contribution in [0, 0.1) is 5.82 Å². The normalized spacial score (nSPS) is 10.2. The zero-order chi connectivity index (χ0) is 15.6. The molecule has 2 rings (SSSR count). The number of benzene rings is 2. The fourth-order valence-corrected chi connectivity index (χ4v) is 2.17. The van der Waals surface area contributed by atoms with Crippen LogP contribution in [0.2, 0.25) is 10.0 Å². The summed E-state index contributed by atoms with van der Waals surface area (Å²) in [6.45, 7) is 0. The molecule has 0 saturated heterocycles. The van der Waals surface area contributed by atoms with Gasteiger partial charge >= 0.3 is 0 Å². The van der Waals surface area contributed by atoms with Crippen molar-refractivity contribution in [2.24, 2.45) is 5.73 Å². The third kappa shape index (κ3) is 3.50. The van der Waals surface area contributed by atoms with Gasteiger partial charge in [0.1, 0.15) is 4.99 Å². The first kappa shape index (κ1) is 15.7. The summed E-state index contributed by atoms with van der Waals surface area (Å²) >= 11 is 16.5. The van der Waals surface area contributed by atoms with Crippen molar-refractivity contribution in [3.63, 3.8) is 0 Å². The van der Waals surface area contributed by atoms with Crippen LogP contribution in [-0.4, -0.2) is 10.9 Å². The molecule has 0 aliphatic heterocycles. The predicted octanol–water partition coefficient (Wildman–Crippen LogP) is 4.02. The topological polar surface area (TPSA) is 55.1 Å². The third-order valence-electron chi connectivity index (χ3n) is 2.70. The maximum Gasteiger partial charge on any atom is 0.258 e. The van der Waals surface area contributed by atoms with Gasteiger partial charge in [-0.2, -0.15) is 0 Å². The smallest absolute Gasteiger partial charge is 0.258 e. The molecule has 3 N–H and O–H groups in total. The quantitative estimate of drug-likeness (QED) is 0.828. The molecule has 0 bridgehead atoms. The van der Waals surface area contributed by atoms with Gasteiger partial charge in [-0.3, -0.25) is 4.79 Å². The highest BCUT2D eigenvalue weighted by Crippen LogP contribution is 2.25. The van der Waals surface area contributed by atoms with Gasteiger partial charge in [-0.05, 0) is 30.3 Å². The Kier molecular flexibility index (Phi) is 4.77. The molecule has 0 atom stereocenters. The summed E-state index contributed by atoms with van der Waals surface area (Å²) in [6.07, 6.45) is 0. The Hall–Kier alpha value is -1.69. The summed E-state index contributed by atoms with van der Waals surface area (Å²) in [5.41, 5.74) is 6.20. The molecule has 0 spiro atoms. The van der Waals surface area contributed by atoms with Gasteiger partial charge in [-0.25, -0.2) is 4.39 Å². The second-order valence-electron chi connectivity index (χ2n) is 4.11. The van der Waals surface area contributed by atoms with Gasteiger partial charge in [-0.1, -0.05) is 41.5 Å². The van der Waals surface area contributed by atoms with E-state index < -0.39 is 11.7 Å². The average molecular weight is 343 g/mol. The van der Waals surface area contributed by atoms with E-state index in [0.717, 1.165) is 0 Å². The number of amides is 1. The molecule has 0 heterocycles. The molecule has 0 radical (unpaired) electrons. The highest BCUT2D eigenvalue weighted by Gasteiger charge is 2.15.